The van der Waals surface area contributed by atoms with Gasteiger partial charge in [-0.1, -0.05) is 29.8 Å². The molecule has 2 aromatic rings. The Kier molecular flexibility index (Phi) is 7.54. The molecule has 0 bridgehead atoms. The Morgan fingerprint density at radius 3 is 2.13 bits per heavy atom. The molecule has 30 heavy (non-hydrogen) atoms. The highest BCUT2D eigenvalue weighted by molar-refractivity contribution is 6.31. The first-order valence-electron chi connectivity index (χ1n) is 9.63. The Morgan fingerprint density at radius 2 is 1.53 bits per heavy atom. The maximum Gasteiger partial charge on any atom is 0.254 e. The number of hydrogen-bond acceptors (Lipinski definition) is 5. The molecule has 7 nitrogen and oxygen atoms in total. The lowest BCUT2D eigenvalue weighted by molar-refractivity contribution is -0.138. The van der Waals surface area contributed by atoms with Crippen LogP contribution in [0.3, 0.4) is 0 Å². The lowest BCUT2D eigenvalue weighted by atomic mass is 10.1. The molecule has 1 heterocycles. The quantitative estimate of drug-likeness (QED) is 0.673. The van der Waals surface area contributed by atoms with Gasteiger partial charge < -0.3 is 24.0 Å². The lowest BCUT2D eigenvalue weighted by Crippen LogP contribution is -2.51. The van der Waals surface area contributed by atoms with E-state index in [0.717, 1.165) is 5.56 Å². The summed E-state index contributed by atoms with van der Waals surface area (Å²) < 4.78 is 16.0. The minimum absolute atomic E-state index is 0.0216. The van der Waals surface area contributed by atoms with Gasteiger partial charge in [-0.3, -0.25) is 9.59 Å². The van der Waals surface area contributed by atoms with Gasteiger partial charge in [-0.15, -0.1) is 0 Å². The van der Waals surface area contributed by atoms with Crippen molar-refractivity contribution in [1.82, 2.24) is 9.80 Å². The van der Waals surface area contributed by atoms with Gasteiger partial charge in [0.05, 0.1) is 20.8 Å². The Labute approximate surface area is 181 Å². The maximum absolute atomic E-state index is 12.8. The van der Waals surface area contributed by atoms with Crippen molar-refractivity contribution >= 4 is 23.4 Å². The third-order valence-electron chi connectivity index (χ3n) is 4.96. The van der Waals surface area contributed by atoms with E-state index < -0.39 is 0 Å². The topological polar surface area (TPSA) is 68.3 Å². The summed E-state index contributed by atoms with van der Waals surface area (Å²) in [5, 5.41) is 0.617. The van der Waals surface area contributed by atoms with Crippen molar-refractivity contribution in [2.24, 2.45) is 0 Å². The van der Waals surface area contributed by atoms with Crippen molar-refractivity contribution in [3.05, 3.63) is 58.6 Å². The second-order valence-corrected chi connectivity index (χ2v) is 7.27. The first-order valence-corrected chi connectivity index (χ1v) is 10.0. The molecule has 2 amide bonds. The van der Waals surface area contributed by atoms with Crippen molar-refractivity contribution < 1.29 is 23.8 Å². The molecular weight excluding hydrogens is 408 g/mol. The van der Waals surface area contributed by atoms with E-state index in [4.69, 9.17) is 25.8 Å². The number of piperazine rings is 1. The number of nitrogens with zero attached hydrogens (tertiary/aromatic N) is 2. The molecular formula is C22H25ClN2O5. The molecule has 1 fully saturated rings. The van der Waals surface area contributed by atoms with Gasteiger partial charge in [0.15, 0.2) is 0 Å². The summed E-state index contributed by atoms with van der Waals surface area (Å²) in [5.74, 6) is 0.899. The Bertz CT molecular complexity index is 875. The van der Waals surface area contributed by atoms with Crippen LogP contribution >= 0.6 is 11.6 Å². The third kappa shape index (κ3) is 5.43. The molecule has 1 aliphatic heterocycles. The monoisotopic (exact) mass is 432 g/mol. The number of carbonyl (C=O) groups excluding carboxylic acids is 2. The lowest BCUT2D eigenvalue weighted by Gasteiger charge is -2.34. The van der Waals surface area contributed by atoms with Crippen LogP contribution in [-0.4, -0.2) is 68.6 Å². The van der Waals surface area contributed by atoms with Gasteiger partial charge in [-0.05, 0) is 23.8 Å². The number of halogens is 1. The van der Waals surface area contributed by atoms with Crippen LogP contribution in [0.5, 0.6) is 11.5 Å². The normalized spacial score (nSPS) is 13.8. The Hall–Kier alpha value is -2.77. The Morgan fingerprint density at radius 1 is 0.933 bits per heavy atom. The van der Waals surface area contributed by atoms with Crippen molar-refractivity contribution in [1.29, 1.82) is 0 Å². The highest BCUT2D eigenvalue weighted by Gasteiger charge is 2.25. The molecule has 1 saturated heterocycles. The summed E-state index contributed by atoms with van der Waals surface area (Å²) in [4.78, 5) is 28.7. The molecule has 160 valence electrons. The van der Waals surface area contributed by atoms with Gasteiger partial charge in [-0.25, -0.2) is 0 Å². The van der Waals surface area contributed by atoms with Crippen molar-refractivity contribution in [2.75, 3.05) is 47.0 Å². The maximum atomic E-state index is 12.8. The van der Waals surface area contributed by atoms with E-state index in [-0.39, 0.29) is 25.0 Å². The van der Waals surface area contributed by atoms with E-state index in [1.54, 1.807) is 48.3 Å². The Balaban J connectivity index is 1.50. The summed E-state index contributed by atoms with van der Waals surface area (Å²) in [7, 11) is 3.09. The molecule has 0 unspecified atom stereocenters. The SMILES string of the molecule is COc1cc(OC)cc(C(=O)N2CCN(C(=O)COCc3ccccc3Cl)CC2)c1. The molecule has 3 rings (SSSR count). The zero-order valence-electron chi connectivity index (χ0n) is 17.1. The standard InChI is InChI=1S/C22H25ClN2O5/c1-28-18-11-17(12-19(13-18)29-2)22(27)25-9-7-24(8-10-25)21(26)15-30-14-16-5-3-4-6-20(16)23/h3-6,11-13H,7-10,14-15H2,1-2H3. The van der Waals surface area contributed by atoms with Crippen LogP contribution in [0, 0.1) is 0 Å². The van der Waals surface area contributed by atoms with Crippen LogP contribution in [-0.2, 0) is 16.1 Å². The molecule has 0 radical (unpaired) electrons. The number of carbonyl (C=O) groups is 2. The van der Waals surface area contributed by atoms with E-state index in [0.29, 0.717) is 48.3 Å². The second kappa shape index (κ2) is 10.3. The zero-order chi connectivity index (χ0) is 21.5. The predicted octanol–water partition coefficient (Wildman–Crippen LogP) is 2.86. The molecule has 0 aliphatic carbocycles. The summed E-state index contributed by atoms with van der Waals surface area (Å²) in [5.41, 5.74) is 1.34. The van der Waals surface area contributed by atoms with Crippen LogP contribution in [0.2, 0.25) is 5.02 Å². The number of ether oxygens (including phenoxy) is 3. The van der Waals surface area contributed by atoms with Gasteiger partial charge in [0, 0.05) is 42.8 Å². The highest BCUT2D eigenvalue weighted by atomic mass is 35.5. The summed E-state index contributed by atoms with van der Waals surface area (Å²) >= 11 is 6.09. The fourth-order valence-electron chi connectivity index (χ4n) is 3.23. The van der Waals surface area contributed by atoms with Crippen molar-refractivity contribution in [3.8, 4) is 11.5 Å². The number of methoxy groups -OCH3 is 2. The van der Waals surface area contributed by atoms with Gasteiger partial charge in [-0.2, -0.15) is 0 Å². The number of rotatable bonds is 7. The van der Waals surface area contributed by atoms with Crippen LogP contribution in [0.1, 0.15) is 15.9 Å². The van der Waals surface area contributed by atoms with Crippen LogP contribution in [0.4, 0.5) is 0 Å². The molecule has 0 atom stereocenters. The second-order valence-electron chi connectivity index (χ2n) is 6.86. The molecule has 0 N–H and O–H groups in total. The smallest absolute Gasteiger partial charge is 0.254 e. The average Bonchev–Trinajstić information content (AvgIpc) is 2.79. The first kappa shape index (κ1) is 21.9. The average molecular weight is 433 g/mol. The molecule has 0 aromatic heterocycles. The minimum atomic E-state index is -0.116. The van der Waals surface area contributed by atoms with Gasteiger partial charge in [0.1, 0.15) is 18.1 Å². The number of benzene rings is 2. The number of amides is 2. The largest absolute Gasteiger partial charge is 0.497 e. The molecule has 8 heteroatoms. The highest BCUT2D eigenvalue weighted by Crippen LogP contribution is 2.24. The van der Waals surface area contributed by atoms with E-state index in [2.05, 4.69) is 0 Å². The van der Waals surface area contributed by atoms with Gasteiger partial charge in [0.25, 0.3) is 5.91 Å². The molecule has 0 saturated carbocycles. The van der Waals surface area contributed by atoms with Crippen LogP contribution in [0.25, 0.3) is 0 Å². The summed E-state index contributed by atoms with van der Waals surface area (Å²) in [6, 6.07) is 12.5. The van der Waals surface area contributed by atoms with E-state index in [1.807, 2.05) is 18.2 Å². The van der Waals surface area contributed by atoms with Crippen LogP contribution in [0.15, 0.2) is 42.5 Å². The van der Waals surface area contributed by atoms with Crippen LogP contribution < -0.4 is 9.47 Å². The first-order chi connectivity index (χ1) is 14.5. The molecule has 0 spiro atoms. The van der Waals surface area contributed by atoms with Gasteiger partial charge >= 0.3 is 0 Å². The zero-order valence-corrected chi connectivity index (χ0v) is 17.9. The number of hydrogen-bond donors (Lipinski definition) is 0. The van der Waals surface area contributed by atoms with Crippen molar-refractivity contribution in [2.45, 2.75) is 6.61 Å². The van der Waals surface area contributed by atoms with E-state index >= 15 is 0 Å². The van der Waals surface area contributed by atoms with Crippen molar-refractivity contribution in [3.63, 3.8) is 0 Å². The van der Waals surface area contributed by atoms with Gasteiger partial charge in [0.2, 0.25) is 5.91 Å². The fourth-order valence-corrected chi connectivity index (χ4v) is 3.42. The minimum Gasteiger partial charge on any atom is -0.497 e. The summed E-state index contributed by atoms with van der Waals surface area (Å²) in [6.45, 7) is 2.08. The molecule has 1 aliphatic rings. The van der Waals surface area contributed by atoms with E-state index in [1.165, 1.54) is 0 Å². The fraction of sp³-hybridized carbons (Fsp3) is 0.364. The predicted molar refractivity (Wildman–Crippen MR) is 113 cm³/mol. The summed E-state index contributed by atoms with van der Waals surface area (Å²) in [6.07, 6.45) is 0. The molecule has 2 aromatic carbocycles. The van der Waals surface area contributed by atoms with E-state index in [9.17, 15) is 9.59 Å². The third-order valence-corrected chi connectivity index (χ3v) is 5.33.